The third-order valence-electron chi connectivity index (χ3n) is 4.46. The topological polar surface area (TPSA) is 50.7 Å². The molecule has 0 radical (unpaired) electrons. The lowest BCUT2D eigenvalue weighted by atomic mass is 10.1. The summed E-state index contributed by atoms with van der Waals surface area (Å²) in [5.41, 5.74) is 3.38. The minimum atomic E-state index is -0.307. The number of carbonyl (C=O) groups excluding carboxylic acids is 1. The molecule has 156 valence electrons. The number of nitrogens with zero attached hydrogens (tertiary/aromatic N) is 1. The lowest BCUT2D eigenvalue weighted by Crippen LogP contribution is -2.19. The number of ether oxygens (including phenoxy) is 1. The summed E-state index contributed by atoms with van der Waals surface area (Å²) in [7, 11) is 0. The summed E-state index contributed by atoms with van der Waals surface area (Å²) >= 11 is 4.74. The molecule has 0 spiro atoms. The number of hydrogen-bond acceptors (Lipinski definition) is 4. The van der Waals surface area contributed by atoms with E-state index in [-0.39, 0.29) is 18.3 Å². The van der Waals surface area contributed by atoms with E-state index in [0.29, 0.717) is 15.8 Å². The van der Waals surface area contributed by atoms with Gasteiger partial charge in [-0.15, -0.1) is 0 Å². The third kappa shape index (κ3) is 5.62. The Kier molecular flexibility index (Phi) is 6.53. The van der Waals surface area contributed by atoms with Crippen LogP contribution in [0.1, 0.15) is 16.7 Å². The van der Waals surface area contributed by atoms with E-state index in [4.69, 9.17) is 4.74 Å². The zero-order valence-corrected chi connectivity index (χ0v) is 19.0. The molecule has 1 heterocycles. The molecule has 1 N–H and O–H groups in total. The molecule has 0 unspecified atom stereocenters. The molecular weight excluding hydrogens is 479 g/mol. The summed E-state index contributed by atoms with van der Waals surface area (Å²) in [6.07, 6.45) is 1.77. The summed E-state index contributed by atoms with van der Waals surface area (Å²) in [6, 6.07) is 19.6. The molecule has 1 saturated heterocycles. The van der Waals surface area contributed by atoms with Crippen LogP contribution in [0, 0.1) is 12.7 Å². The first-order valence-electron chi connectivity index (χ1n) is 9.49. The van der Waals surface area contributed by atoms with Crippen molar-refractivity contribution in [1.29, 1.82) is 0 Å². The molecule has 1 amide bonds. The van der Waals surface area contributed by atoms with Crippen molar-refractivity contribution in [3.63, 3.8) is 0 Å². The van der Waals surface area contributed by atoms with Crippen molar-refractivity contribution >= 4 is 50.5 Å². The number of hydrogen-bond donors (Lipinski definition) is 1. The molecule has 4 rings (SSSR count). The van der Waals surface area contributed by atoms with Crippen LogP contribution in [-0.4, -0.2) is 11.1 Å². The average Bonchev–Trinajstić information content (AvgIpc) is 3.08. The highest BCUT2D eigenvalue weighted by atomic mass is 79.9. The number of amidine groups is 1. The zero-order valence-electron chi connectivity index (χ0n) is 16.6. The van der Waals surface area contributed by atoms with E-state index in [1.165, 1.54) is 23.9 Å². The molecule has 0 saturated carbocycles. The van der Waals surface area contributed by atoms with E-state index in [2.05, 4.69) is 26.2 Å². The van der Waals surface area contributed by atoms with E-state index in [1.54, 1.807) is 18.2 Å². The van der Waals surface area contributed by atoms with E-state index in [0.717, 1.165) is 26.9 Å². The Labute approximate surface area is 192 Å². The Morgan fingerprint density at radius 2 is 1.94 bits per heavy atom. The van der Waals surface area contributed by atoms with Crippen LogP contribution in [0.25, 0.3) is 6.08 Å². The molecule has 0 atom stereocenters. The maximum Gasteiger partial charge on any atom is 0.264 e. The van der Waals surface area contributed by atoms with Crippen molar-refractivity contribution in [2.75, 3.05) is 0 Å². The minimum absolute atomic E-state index is 0.216. The molecule has 1 aliphatic heterocycles. The molecule has 31 heavy (non-hydrogen) atoms. The van der Waals surface area contributed by atoms with Crippen molar-refractivity contribution in [3.05, 3.63) is 98.6 Å². The number of carbonyl (C=O) groups is 1. The predicted octanol–water partition coefficient (Wildman–Crippen LogP) is 6.37. The Morgan fingerprint density at radius 1 is 1.13 bits per heavy atom. The Hall–Kier alpha value is -2.90. The highest BCUT2D eigenvalue weighted by Crippen LogP contribution is 2.32. The van der Waals surface area contributed by atoms with Crippen LogP contribution in [0.15, 0.2) is 81.1 Å². The molecular formula is C24H18BrFN2O2S. The molecule has 1 aliphatic rings. The van der Waals surface area contributed by atoms with Crippen LogP contribution < -0.4 is 10.1 Å². The summed E-state index contributed by atoms with van der Waals surface area (Å²) in [6.45, 7) is 2.23. The number of nitrogens with one attached hydrogen (secondary N) is 1. The van der Waals surface area contributed by atoms with Crippen molar-refractivity contribution in [1.82, 2.24) is 5.32 Å². The van der Waals surface area contributed by atoms with Crippen LogP contribution in [-0.2, 0) is 11.4 Å². The second-order valence-corrected chi connectivity index (χ2v) is 8.86. The summed E-state index contributed by atoms with van der Waals surface area (Å²) in [4.78, 5) is 17.5. The van der Waals surface area contributed by atoms with Gasteiger partial charge < -0.3 is 10.1 Å². The third-order valence-corrected chi connectivity index (χ3v) is 5.86. The lowest BCUT2D eigenvalue weighted by molar-refractivity contribution is -0.115. The number of halogens is 2. The van der Waals surface area contributed by atoms with Gasteiger partial charge in [0.05, 0.1) is 10.6 Å². The maximum absolute atomic E-state index is 13.4. The fourth-order valence-corrected chi connectivity index (χ4v) is 4.12. The number of benzene rings is 3. The van der Waals surface area contributed by atoms with Gasteiger partial charge in [-0.1, -0.05) is 45.8 Å². The summed E-state index contributed by atoms with van der Waals surface area (Å²) < 4.78 is 20.2. The summed E-state index contributed by atoms with van der Waals surface area (Å²) in [5.74, 6) is 0.0721. The SMILES string of the molecule is Cc1ccc(N=C2NC(=O)/C(=C\c3cc(Br)ccc3OCc3cccc(F)c3)S2)cc1. The highest BCUT2D eigenvalue weighted by Gasteiger charge is 2.24. The molecule has 7 heteroatoms. The average molecular weight is 497 g/mol. The molecule has 4 nitrogen and oxygen atoms in total. The molecule has 0 bridgehead atoms. The highest BCUT2D eigenvalue weighted by molar-refractivity contribution is 9.10. The smallest absolute Gasteiger partial charge is 0.264 e. The van der Waals surface area contributed by atoms with Gasteiger partial charge in [0.15, 0.2) is 5.17 Å². The van der Waals surface area contributed by atoms with Crippen LogP contribution in [0.4, 0.5) is 10.1 Å². The number of rotatable bonds is 5. The molecule has 1 fully saturated rings. The van der Waals surface area contributed by atoms with Crippen LogP contribution in [0.2, 0.25) is 0 Å². The largest absolute Gasteiger partial charge is 0.488 e. The predicted molar refractivity (Wildman–Crippen MR) is 127 cm³/mol. The van der Waals surface area contributed by atoms with E-state index < -0.39 is 0 Å². The zero-order chi connectivity index (χ0) is 21.8. The van der Waals surface area contributed by atoms with Gasteiger partial charge in [0.25, 0.3) is 5.91 Å². The molecule has 0 aromatic heterocycles. The quantitative estimate of drug-likeness (QED) is 0.417. The van der Waals surface area contributed by atoms with Gasteiger partial charge in [0, 0.05) is 10.0 Å². The Morgan fingerprint density at radius 3 is 2.71 bits per heavy atom. The molecule has 3 aromatic carbocycles. The number of aliphatic imine (C=N–C) groups is 1. The fourth-order valence-electron chi connectivity index (χ4n) is 2.91. The van der Waals surface area contributed by atoms with E-state index in [9.17, 15) is 9.18 Å². The van der Waals surface area contributed by atoms with Crippen LogP contribution in [0.5, 0.6) is 5.75 Å². The van der Waals surface area contributed by atoms with Crippen molar-refractivity contribution in [2.45, 2.75) is 13.5 Å². The first kappa shape index (κ1) is 21.3. The number of aryl methyl sites for hydroxylation is 1. The first-order chi connectivity index (χ1) is 15.0. The lowest BCUT2D eigenvalue weighted by Gasteiger charge is -2.10. The number of amides is 1. The van der Waals surface area contributed by atoms with Gasteiger partial charge in [-0.3, -0.25) is 4.79 Å². The van der Waals surface area contributed by atoms with E-state index in [1.807, 2.05) is 49.4 Å². The minimum Gasteiger partial charge on any atom is -0.488 e. The first-order valence-corrected chi connectivity index (χ1v) is 11.1. The van der Waals surface area contributed by atoms with Gasteiger partial charge in [0.2, 0.25) is 0 Å². The fraction of sp³-hybridized carbons (Fsp3) is 0.0833. The van der Waals surface area contributed by atoms with Crippen molar-refractivity contribution < 1.29 is 13.9 Å². The van der Waals surface area contributed by atoms with Crippen molar-refractivity contribution in [2.24, 2.45) is 4.99 Å². The van der Waals surface area contributed by atoms with E-state index >= 15 is 0 Å². The van der Waals surface area contributed by atoms with Crippen LogP contribution >= 0.6 is 27.7 Å². The van der Waals surface area contributed by atoms with Gasteiger partial charge >= 0.3 is 0 Å². The van der Waals surface area contributed by atoms with Gasteiger partial charge in [-0.2, -0.15) is 0 Å². The monoisotopic (exact) mass is 496 g/mol. The van der Waals surface area contributed by atoms with Crippen molar-refractivity contribution in [3.8, 4) is 5.75 Å². The second kappa shape index (κ2) is 9.49. The standard InChI is InChI=1S/C24H18BrFN2O2S/c1-15-5-8-20(9-6-15)27-24-28-23(29)22(31-24)13-17-12-18(25)7-10-21(17)30-14-16-3-2-4-19(26)11-16/h2-13H,14H2,1H3,(H,27,28,29)/b22-13+. The number of thioether (sulfide) groups is 1. The Bertz CT molecular complexity index is 1190. The maximum atomic E-state index is 13.4. The van der Waals surface area contributed by atoms with Gasteiger partial charge in [0.1, 0.15) is 18.2 Å². The summed E-state index contributed by atoms with van der Waals surface area (Å²) in [5, 5.41) is 3.32. The Balaban J connectivity index is 1.55. The molecule has 3 aromatic rings. The van der Waals surface area contributed by atoms with Gasteiger partial charge in [-0.05, 0) is 72.8 Å². The van der Waals surface area contributed by atoms with Gasteiger partial charge in [-0.25, -0.2) is 9.38 Å². The van der Waals surface area contributed by atoms with Crippen LogP contribution in [0.3, 0.4) is 0 Å². The normalized spacial score (nSPS) is 16.0. The second-order valence-electron chi connectivity index (χ2n) is 6.92. The molecule has 0 aliphatic carbocycles.